The predicted octanol–water partition coefficient (Wildman–Crippen LogP) is 1.51. The van der Waals surface area contributed by atoms with Gasteiger partial charge in [-0.15, -0.1) is 0 Å². The molecule has 0 aliphatic carbocycles. The Kier molecular flexibility index (Phi) is 4.27. The quantitative estimate of drug-likeness (QED) is 0.506. The summed E-state index contributed by atoms with van der Waals surface area (Å²) < 4.78 is 3.12. The molecule has 0 amide bonds. The Morgan fingerprint density at radius 2 is 1.50 bits per heavy atom. The summed E-state index contributed by atoms with van der Waals surface area (Å²) in [6.45, 7) is 3.08. The van der Waals surface area contributed by atoms with Crippen LogP contribution in [0.25, 0.3) is 21.8 Å². The summed E-state index contributed by atoms with van der Waals surface area (Å²) in [4.78, 5) is 38.5. The molecule has 2 aromatic carbocycles. The van der Waals surface area contributed by atoms with E-state index in [0.717, 1.165) is 37.4 Å². The molecule has 1 aliphatic heterocycles. The third kappa shape index (κ3) is 2.92. The van der Waals surface area contributed by atoms with Gasteiger partial charge in [-0.2, -0.15) is 0 Å². The Morgan fingerprint density at radius 3 is 2.30 bits per heavy atom. The minimum absolute atomic E-state index is 0.0276. The van der Waals surface area contributed by atoms with Crippen LogP contribution in [0.4, 0.5) is 11.6 Å². The van der Waals surface area contributed by atoms with Crippen LogP contribution in [-0.2, 0) is 14.1 Å². The number of nitrogens with zero attached hydrogens (tertiary/aromatic N) is 6. The van der Waals surface area contributed by atoms with Crippen molar-refractivity contribution < 1.29 is 0 Å². The van der Waals surface area contributed by atoms with Crippen LogP contribution in [0.2, 0.25) is 0 Å². The van der Waals surface area contributed by atoms with Crippen LogP contribution in [-0.4, -0.2) is 45.3 Å². The van der Waals surface area contributed by atoms with Crippen molar-refractivity contribution in [3.05, 3.63) is 69.5 Å². The van der Waals surface area contributed by atoms with Gasteiger partial charge in [0.2, 0.25) is 5.95 Å². The molecule has 0 spiro atoms. The van der Waals surface area contributed by atoms with E-state index in [4.69, 9.17) is 4.98 Å². The Morgan fingerprint density at radius 1 is 0.800 bits per heavy atom. The van der Waals surface area contributed by atoms with Gasteiger partial charge >= 0.3 is 0 Å². The van der Waals surface area contributed by atoms with Crippen LogP contribution < -0.4 is 20.9 Å². The van der Waals surface area contributed by atoms with E-state index in [0.29, 0.717) is 22.2 Å². The lowest BCUT2D eigenvalue weighted by molar-refractivity contribution is 0.623. The zero-order valence-corrected chi connectivity index (χ0v) is 16.9. The van der Waals surface area contributed by atoms with Crippen LogP contribution in [0, 0.1) is 0 Å². The Bertz CT molecular complexity index is 1380. The highest BCUT2D eigenvalue weighted by atomic mass is 16.1. The van der Waals surface area contributed by atoms with E-state index in [2.05, 4.69) is 14.8 Å². The minimum atomic E-state index is -0.0420. The molecule has 0 saturated carbocycles. The summed E-state index contributed by atoms with van der Waals surface area (Å²) in [5.41, 5.74) is 2.40. The molecule has 2 aromatic heterocycles. The molecule has 1 saturated heterocycles. The van der Waals surface area contributed by atoms with Crippen molar-refractivity contribution >= 4 is 33.4 Å². The average molecular weight is 402 g/mol. The van der Waals surface area contributed by atoms with Crippen molar-refractivity contribution in [3.8, 4) is 0 Å². The van der Waals surface area contributed by atoms with Crippen LogP contribution in [0.5, 0.6) is 0 Å². The summed E-state index contributed by atoms with van der Waals surface area (Å²) >= 11 is 0. The molecular formula is C22H22N6O2. The van der Waals surface area contributed by atoms with Gasteiger partial charge in [0, 0.05) is 46.0 Å². The molecule has 8 heteroatoms. The zero-order valence-electron chi connectivity index (χ0n) is 16.9. The number of fused-ring (bicyclic) bond motifs is 2. The van der Waals surface area contributed by atoms with E-state index < -0.39 is 0 Å². The molecular weight excluding hydrogens is 380 g/mol. The second-order valence-corrected chi connectivity index (χ2v) is 7.63. The number of hydrogen-bond acceptors (Lipinski definition) is 6. The van der Waals surface area contributed by atoms with Crippen LogP contribution in [0.3, 0.4) is 0 Å². The first-order chi connectivity index (χ1) is 14.5. The number of para-hydroxylation sites is 1. The van der Waals surface area contributed by atoms with Crippen molar-refractivity contribution in [1.82, 2.24) is 19.1 Å². The van der Waals surface area contributed by atoms with Crippen LogP contribution in [0.1, 0.15) is 0 Å². The van der Waals surface area contributed by atoms with E-state index >= 15 is 0 Å². The molecule has 1 aliphatic rings. The van der Waals surface area contributed by atoms with Gasteiger partial charge in [-0.3, -0.25) is 14.2 Å². The molecule has 3 heterocycles. The third-order valence-electron chi connectivity index (χ3n) is 5.79. The molecule has 0 atom stereocenters. The summed E-state index contributed by atoms with van der Waals surface area (Å²) in [6.07, 6.45) is 1.55. The highest BCUT2D eigenvalue weighted by molar-refractivity contribution is 5.81. The SMILES string of the molecule is Cn1cnc2cc(N3CCN(c4nc5ccccc5c(=O)n4C)CC3)ccc2c1=O. The number of rotatable bonds is 2. The fourth-order valence-electron chi connectivity index (χ4n) is 4.05. The number of aryl methyl sites for hydroxylation is 1. The molecule has 152 valence electrons. The predicted molar refractivity (Wildman–Crippen MR) is 118 cm³/mol. The fraction of sp³-hybridized carbons (Fsp3) is 0.273. The fourth-order valence-corrected chi connectivity index (χ4v) is 4.05. The van der Waals surface area contributed by atoms with Crippen molar-refractivity contribution in [2.24, 2.45) is 14.1 Å². The number of piperazine rings is 1. The number of hydrogen-bond donors (Lipinski definition) is 0. The Hall–Kier alpha value is -3.68. The summed E-state index contributed by atoms with van der Waals surface area (Å²) in [7, 11) is 3.48. The van der Waals surface area contributed by atoms with Gasteiger partial charge in [-0.1, -0.05) is 12.1 Å². The maximum atomic E-state index is 12.7. The van der Waals surface area contributed by atoms with Gasteiger partial charge in [0.15, 0.2) is 0 Å². The lowest BCUT2D eigenvalue weighted by Gasteiger charge is -2.37. The molecule has 8 nitrogen and oxygen atoms in total. The first-order valence-electron chi connectivity index (χ1n) is 9.94. The highest BCUT2D eigenvalue weighted by Crippen LogP contribution is 2.22. The van der Waals surface area contributed by atoms with Gasteiger partial charge in [0.1, 0.15) is 0 Å². The highest BCUT2D eigenvalue weighted by Gasteiger charge is 2.21. The minimum Gasteiger partial charge on any atom is -0.368 e. The van der Waals surface area contributed by atoms with Gasteiger partial charge in [0.25, 0.3) is 11.1 Å². The Balaban J connectivity index is 1.41. The molecule has 0 N–H and O–H groups in total. The molecule has 0 unspecified atom stereocenters. The standard InChI is InChI=1S/C22H22N6O2/c1-25-14-23-19-13-15(7-8-17(19)20(25)29)27-9-11-28(12-10-27)22-24-18-6-4-3-5-16(18)21(30)26(22)2/h3-8,13-14H,9-12H2,1-2H3. The first kappa shape index (κ1) is 18.4. The largest absolute Gasteiger partial charge is 0.368 e. The molecule has 5 rings (SSSR count). The van der Waals surface area contributed by atoms with Gasteiger partial charge < -0.3 is 14.4 Å². The number of anilines is 2. The maximum Gasteiger partial charge on any atom is 0.262 e. The number of benzene rings is 2. The van der Waals surface area contributed by atoms with E-state index in [9.17, 15) is 9.59 Å². The Labute approximate surface area is 172 Å². The van der Waals surface area contributed by atoms with E-state index in [1.54, 1.807) is 25.0 Å². The van der Waals surface area contributed by atoms with Crippen molar-refractivity contribution in [2.45, 2.75) is 0 Å². The van der Waals surface area contributed by atoms with Crippen molar-refractivity contribution in [1.29, 1.82) is 0 Å². The molecule has 0 radical (unpaired) electrons. The van der Waals surface area contributed by atoms with Crippen LogP contribution in [0.15, 0.2) is 58.4 Å². The zero-order chi connectivity index (χ0) is 20.8. The summed E-state index contributed by atoms with van der Waals surface area (Å²) in [6, 6.07) is 13.2. The topological polar surface area (TPSA) is 76.3 Å². The molecule has 0 bridgehead atoms. The maximum absolute atomic E-state index is 12.7. The summed E-state index contributed by atoms with van der Waals surface area (Å²) in [5.74, 6) is 0.696. The number of aromatic nitrogens is 4. The van der Waals surface area contributed by atoms with Crippen molar-refractivity contribution in [3.63, 3.8) is 0 Å². The molecule has 30 heavy (non-hydrogen) atoms. The average Bonchev–Trinajstić information content (AvgIpc) is 2.79. The lowest BCUT2D eigenvalue weighted by Crippen LogP contribution is -2.48. The molecule has 1 fully saturated rings. The second-order valence-electron chi connectivity index (χ2n) is 7.63. The van der Waals surface area contributed by atoms with E-state index in [1.807, 2.05) is 42.5 Å². The lowest BCUT2D eigenvalue weighted by atomic mass is 10.2. The van der Waals surface area contributed by atoms with Gasteiger partial charge in [-0.25, -0.2) is 9.97 Å². The summed E-state index contributed by atoms with van der Waals surface area (Å²) in [5, 5.41) is 1.26. The smallest absolute Gasteiger partial charge is 0.262 e. The van der Waals surface area contributed by atoms with Gasteiger partial charge in [-0.05, 0) is 30.3 Å². The second kappa shape index (κ2) is 6.98. The van der Waals surface area contributed by atoms with E-state index in [1.165, 1.54) is 4.57 Å². The normalized spacial score (nSPS) is 14.6. The first-order valence-corrected chi connectivity index (χ1v) is 9.94. The van der Waals surface area contributed by atoms with Crippen molar-refractivity contribution in [2.75, 3.05) is 36.0 Å². The van der Waals surface area contributed by atoms with Crippen LogP contribution >= 0.6 is 0 Å². The van der Waals surface area contributed by atoms with Gasteiger partial charge in [0.05, 0.1) is 28.1 Å². The third-order valence-corrected chi connectivity index (χ3v) is 5.79. The monoisotopic (exact) mass is 402 g/mol. The van der Waals surface area contributed by atoms with E-state index in [-0.39, 0.29) is 11.1 Å². The molecule has 4 aromatic rings.